The van der Waals surface area contributed by atoms with Crippen molar-refractivity contribution in [1.82, 2.24) is 0 Å². The minimum absolute atomic E-state index is 0.192. The molecule has 4 heteroatoms. The third kappa shape index (κ3) is 7.98. The van der Waals surface area contributed by atoms with E-state index in [9.17, 15) is 13.2 Å². The Bertz CT molecular complexity index is 100. The molecule has 1 atom stereocenters. The first-order chi connectivity index (χ1) is 4.95. The van der Waals surface area contributed by atoms with E-state index in [1.165, 1.54) is 0 Å². The van der Waals surface area contributed by atoms with Crippen molar-refractivity contribution in [2.75, 3.05) is 5.88 Å². The maximum atomic E-state index is 11.6. The van der Waals surface area contributed by atoms with Gasteiger partial charge in [0, 0.05) is 12.3 Å². The lowest BCUT2D eigenvalue weighted by molar-refractivity contribution is -0.135. The highest BCUT2D eigenvalue weighted by Gasteiger charge is 2.26. The molecule has 0 radical (unpaired) electrons. The molecule has 0 saturated heterocycles. The van der Waals surface area contributed by atoms with E-state index >= 15 is 0 Å². The Kier molecular flexibility index (Phi) is 4.89. The first kappa shape index (κ1) is 11.1. The van der Waals surface area contributed by atoms with Gasteiger partial charge < -0.3 is 0 Å². The number of hydrogen-bond donors (Lipinski definition) is 0. The second kappa shape index (κ2) is 4.86. The Morgan fingerprint density at radius 2 is 1.91 bits per heavy atom. The third-order valence-electron chi connectivity index (χ3n) is 1.42. The normalized spacial score (nSPS) is 15.0. The molecule has 0 aliphatic rings. The second-order valence-electron chi connectivity index (χ2n) is 2.77. The summed E-state index contributed by atoms with van der Waals surface area (Å²) in [6, 6.07) is 0. The lowest BCUT2D eigenvalue weighted by Gasteiger charge is -2.08. The maximum Gasteiger partial charge on any atom is 0.389 e. The fourth-order valence-corrected chi connectivity index (χ4v) is 0.882. The molecule has 0 aliphatic carbocycles. The van der Waals surface area contributed by atoms with Crippen molar-refractivity contribution in [2.45, 2.75) is 32.4 Å². The lowest BCUT2D eigenvalue weighted by Crippen LogP contribution is -2.08. The van der Waals surface area contributed by atoms with Crippen LogP contribution in [-0.4, -0.2) is 12.1 Å². The Labute approximate surface area is 69.7 Å². The Morgan fingerprint density at radius 3 is 2.27 bits per heavy atom. The molecule has 0 amide bonds. The third-order valence-corrected chi connectivity index (χ3v) is 1.95. The average Bonchev–Trinajstić information content (AvgIpc) is 1.85. The molecule has 0 rings (SSSR count). The van der Waals surface area contributed by atoms with Gasteiger partial charge in [0.2, 0.25) is 0 Å². The van der Waals surface area contributed by atoms with Gasteiger partial charge in [0.05, 0.1) is 0 Å². The molecule has 0 aromatic rings. The van der Waals surface area contributed by atoms with Crippen LogP contribution >= 0.6 is 11.6 Å². The molecular formula is C7H12ClF3. The fourth-order valence-electron chi connectivity index (χ4n) is 0.728. The highest BCUT2D eigenvalue weighted by Crippen LogP contribution is 2.23. The van der Waals surface area contributed by atoms with Gasteiger partial charge >= 0.3 is 6.18 Å². The van der Waals surface area contributed by atoms with E-state index in [1.807, 2.05) is 6.92 Å². The van der Waals surface area contributed by atoms with Gasteiger partial charge in [-0.2, -0.15) is 13.2 Å². The summed E-state index contributed by atoms with van der Waals surface area (Å²) in [5, 5.41) is 0. The topological polar surface area (TPSA) is 0 Å². The van der Waals surface area contributed by atoms with E-state index in [2.05, 4.69) is 0 Å². The zero-order valence-electron chi connectivity index (χ0n) is 6.42. The van der Waals surface area contributed by atoms with E-state index in [-0.39, 0.29) is 12.3 Å². The summed E-state index contributed by atoms with van der Waals surface area (Å²) in [4.78, 5) is 0. The summed E-state index contributed by atoms with van der Waals surface area (Å²) < 4.78 is 34.7. The van der Waals surface area contributed by atoms with Gasteiger partial charge in [-0.15, -0.1) is 11.6 Å². The van der Waals surface area contributed by atoms with Gasteiger partial charge in [-0.1, -0.05) is 6.92 Å². The molecule has 0 spiro atoms. The van der Waals surface area contributed by atoms with Gasteiger partial charge in [-0.25, -0.2) is 0 Å². The summed E-state index contributed by atoms with van der Waals surface area (Å²) in [5.41, 5.74) is 0. The molecule has 68 valence electrons. The van der Waals surface area contributed by atoms with Crippen LogP contribution in [-0.2, 0) is 0 Å². The quantitative estimate of drug-likeness (QED) is 0.592. The summed E-state index contributed by atoms with van der Waals surface area (Å²) in [6.07, 6.45) is -3.94. The van der Waals surface area contributed by atoms with E-state index in [0.717, 1.165) is 0 Å². The Hall–Kier alpha value is 0.0800. The molecule has 1 unspecified atom stereocenters. The van der Waals surface area contributed by atoms with Crippen molar-refractivity contribution in [2.24, 2.45) is 5.92 Å². The van der Waals surface area contributed by atoms with Gasteiger partial charge in [0.25, 0.3) is 0 Å². The van der Waals surface area contributed by atoms with E-state index < -0.39 is 12.6 Å². The minimum atomic E-state index is -4.01. The van der Waals surface area contributed by atoms with Gasteiger partial charge in [0.15, 0.2) is 0 Å². The fraction of sp³-hybridized carbons (Fsp3) is 1.00. The van der Waals surface area contributed by atoms with Crippen molar-refractivity contribution < 1.29 is 13.2 Å². The monoisotopic (exact) mass is 188 g/mol. The van der Waals surface area contributed by atoms with E-state index in [0.29, 0.717) is 12.3 Å². The van der Waals surface area contributed by atoms with E-state index in [4.69, 9.17) is 11.6 Å². The highest BCUT2D eigenvalue weighted by atomic mass is 35.5. The first-order valence-corrected chi connectivity index (χ1v) is 4.12. The van der Waals surface area contributed by atoms with E-state index in [1.54, 1.807) is 0 Å². The van der Waals surface area contributed by atoms with Crippen LogP contribution in [0.15, 0.2) is 0 Å². The zero-order valence-corrected chi connectivity index (χ0v) is 7.17. The SMILES string of the molecule is CC(CCl)CCCC(F)(F)F. The smallest absolute Gasteiger partial charge is 0.171 e. The number of hydrogen-bond acceptors (Lipinski definition) is 0. The largest absolute Gasteiger partial charge is 0.389 e. The average molecular weight is 189 g/mol. The predicted molar refractivity (Wildman–Crippen MR) is 39.8 cm³/mol. The molecule has 0 aromatic heterocycles. The van der Waals surface area contributed by atoms with Crippen LogP contribution in [0.5, 0.6) is 0 Å². The Balaban J connectivity index is 3.28. The van der Waals surface area contributed by atoms with Crippen molar-refractivity contribution in [3.63, 3.8) is 0 Å². The number of halogens is 4. The summed E-state index contributed by atoms with van der Waals surface area (Å²) in [5.74, 6) is 0.636. The summed E-state index contributed by atoms with van der Waals surface area (Å²) >= 11 is 5.42. The predicted octanol–water partition coefficient (Wildman–Crippen LogP) is 3.59. The van der Waals surface area contributed by atoms with Crippen molar-refractivity contribution in [1.29, 1.82) is 0 Å². The van der Waals surface area contributed by atoms with Crippen LogP contribution in [0, 0.1) is 5.92 Å². The molecule has 0 heterocycles. The van der Waals surface area contributed by atoms with Crippen LogP contribution in [0.3, 0.4) is 0 Å². The molecule has 0 fully saturated rings. The molecule has 0 aliphatic heterocycles. The van der Waals surface area contributed by atoms with Crippen LogP contribution in [0.1, 0.15) is 26.2 Å². The molecule has 0 aromatic carbocycles. The maximum absolute atomic E-state index is 11.6. The van der Waals surface area contributed by atoms with Crippen LogP contribution in [0.25, 0.3) is 0 Å². The van der Waals surface area contributed by atoms with Gasteiger partial charge in [-0.3, -0.25) is 0 Å². The van der Waals surface area contributed by atoms with Gasteiger partial charge in [0.1, 0.15) is 0 Å². The number of alkyl halides is 4. The molecule has 11 heavy (non-hydrogen) atoms. The van der Waals surface area contributed by atoms with Crippen molar-refractivity contribution >= 4 is 11.6 Å². The summed E-state index contributed by atoms with van der Waals surface area (Å²) in [7, 11) is 0. The van der Waals surface area contributed by atoms with Crippen molar-refractivity contribution in [3.8, 4) is 0 Å². The zero-order chi connectivity index (χ0) is 8.91. The minimum Gasteiger partial charge on any atom is -0.171 e. The van der Waals surface area contributed by atoms with Gasteiger partial charge in [-0.05, 0) is 18.8 Å². The molecule has 0 nitrogen and oxygen atoms in total. The highest BCUT2D eigenvalue weighted by molar-refractivity contribution is 6.18. The standard InChI is InChI=1S/C7H12ClF3/c1-6(5-8)3-2-4-7(9,10)11/h6H,2-5H2,1H3. The Morgan fingerprint density at radius 1 is 1.36 bits per heavy atom. The first-order valence-electron chi connectivity index (χ1n) is 3.58. The summed E-state index contributed by atoms with van der Waals surface area (Å²) in [6.45, 7) is 1.85. The lowest BCUT2D eigenvalue weighted by atomic mass is 10.1. The number of rotatable bonds is 4. The van der Waals surface area contributed by atoms with Crippen molar-refractivity contribution in [3.05, 3.63) is 0 Å². The van der Waals surface area contributed by atoms with Crippen LogP contribution < -0.4 is 0 Å². The van der Waals surface area contributed by atoms with Crippen LogP contribution in [0.2, 0.25) is 0 Å². The van der Waals surface area contributed by atoms with Crippen LogP contribution in [0.4, 0.5) is 13.2 Å². The molecule has 0 saturated carbocycles. The molecule has 0 N–H and O–H groups in total. The second-order valence-corrected chi connectivity index (χ2v) is 3.08. The molecular weight excluding hydrogens is 177 g/mol. The molecule has 0 bridgehead atoms.